The van der Waals surface area contributed by atoms with Crippen molar-refractivity contribution in [2.45, 2.75) is 20.1 Å². The predicted molar refractivity (Wildman–Crippen MR) is 119 cm³/mol. The van der Waals surface area contributed by atoms with Crippen molar-refractivity contribution < 1.29 is 4.74 Å². The molecule has 2 N–H and O–H groups in total. The average Bonchev–Trinajstić information content (AvgIpc) is 2.78. The molecule has 6 nitrogen and oxygen atoms in total. The van der Waals surface area contributed by atoms with E-state index in [0.717, 1.165) is 34.1 Å². The molecule has 0 atom stereocenters. The van der Waals surface area contributed by atoms with Gasteiger partial charge in [-0.05, 0) is 54.4 Å². The SMILES string of the molecule is Cc1cc(Nc2ccc(OCc3ccccc3)cc2)nc(NCc2ccncc2)n1. The third-order valence-corrected chi connectivity index (χ3v) is 4.43. The van der Waals surface area contributed by atoms with Crippen LogP contribution in [0.3, 0.4) is 0 Å². The summed E-state index contributed by atoms with van der Waals surface area (Å²) in [7, 11) is 0. The number of aryl methyl sites for hydroxylation is 1. The van der Waals surface area contributed by atoms with E-state index in [1.807, 2.05) is 79.7 Å². The number of anilines is 3. The topological polar surface area (TPSA) is 72.0 Å². The number of hydrogen-bond acceptors (Lipinski definition) is 6. The molecule has 0 aliphatic rings. The summed E-state index contributed by atoms with van der Waals surface area (Å²) in [6.45, 7) is 3.13. The maximum absolute atomic E-state index is 5.84. The van der Waals surface area contributed by atoms with Gasteiger partial charge < -0.3 is 15.4 Å². The first-order valence-corrected chi connectivity index (χ1v) is 9.77. The molecule has 0 fully saturated rings. The van der Waals surface area contributed by atoms with Gasteiger partial charge in [0.1, 0.15) is 18.2 Å². The Hall–Kier alpha value is -3.93. The lowest BCUT2D eigenvalue weighted by Gasteiger charge is -2.11. The molecule has 4 rings (SSSR count). The van der Waals surface area contributed by atoms with Gasteiger partial charge in [0.15, 0.2) is 0 Å². The number of nitrogens with one attached hydrogen (secondary N) is 2. The highest BCUT2D eigenvalue weighted by Gasteiger charge is 2.04. The van der Waals surface area contributed by atoms with Crippen molar-refractivity contribution in [2.75, 3.05) is 10.6 Å². The number of benzene rings is 2. The van der Waals surface area contributed by atoms with Crippen LogP contribution >= 0.6 is 0 Å². The summed E-state index contributed by atoms with van der Waals surface area (Å²) in [5, 5.41) is 6.59. The van der Waals surface area contributed by atoms with Crippen molar-refractivity contribution in [1.29, 1.82) is 0 Å². The summed E-state index contributed by atoms with van der Waals surface area (Å²) in [5.41, 5.74) is 4.08. The molecule has 150 valence electrons. The Morgan fingerprint density at radius 3 is 2.37 bits per heavy atom. The largest absolute Gasteiger partial charge is 0.489 e. The minimum absolute atomic E-state index is 0.547. The zero-order valence-electron chi connectivity index (χ0n) is 16.7. The third-order valence-electron chi connectivity index (χ3n) is 4.43. The summed E-state index contributed by atoms with van der Waals surface area (Å²) >= 11 is 0. The smallest absolute Gasteiger partial charge is 0.225 e. The first-order chi connectivity index (χ1) is 14.7. The summed E-state index contributed by atoms with van der Waals surface area (Å²) in [4.78, 5) is 13.1. The van der Waals surface area contributed by atoms with Crippen LogP contribution in [0.25, 0.3) is 0 Å². The number of ether oxygens (including phenoxy) is 1. The summed E-state index contributed by atoms with van der Waals surface area (Å²) in [5.74, 6) is 2.14. The average molecular weight is 397 g/mol. The molecule has 0 saturated carbocycles. The number of aromatic nitrogens is 3. The number of rotatable bonds is 8. The van der Waals surface area contributed by atoms with Gasteiger partial charge in [0.25, 0.3) is 0 Å². The van der Waals surface area contributed by atoms with E-state index in [4.69, 9.17) is 4.74 Å². The molecule has 2 aromatic carbocycles. The second-order valence-corrected chi connectivity index (χ2v) is 6.85. The van der Waals surface area contributed by atoms with Gasteiger partial charge in [-0.25, -0.2) is 4.98 Å². The van der Waals surface area contributed by atoms with E-state index in [2.05, 4.69) is 25.6 Å². The number of hydrogen-bond donors (Lipinski definition) is 2. The quantitative estimate of drug-likeness (QED) is 0.430. The lowest BCUT2D eigenvalue weighted by molar-refractivity contribution is 0.306. The number of pyridine rings is 1. The predicted octanol–water partition coefficient (Wildman–Crippen LogP) is 5.11. The molecule has 0 unspecified atom stereocenters. The lowest BCUT2D eigenvalue weighted by atomic mass is 10.2. The van der Waals surface area contributed by atoms with Crippen LogP contribution in [0.1, 0.15) is 16.8 Å². The highest BCUT2D eigenvalue weighted by atomic mass is 16.5. The lowest BCUT2D eigenvalue weighted by Crippen LogP contribution is -2.06. The van der Waals surface area contributed by atoms with Crippen molar-refractivity contribution >= 4 is 17.5 Å². The van der Waals surface area contributed by atoms with Crippen LogP contribution in [0.4, 0.5) is 17.5 Å². The van der Waals surface area contributed by atoms with Gasteiger partial charge in [0.2, 0.25) is 5.95 Å². The van der Waals surface area contributed by atoms with Crippen molar-refractivity contribution in [3.8, 4) is 5.75 Å². The zero-order chi connectivity index (χ0) is 20.6. The molecule has 0 radical (unpaired) electrons. The molecule has 4 aromatic rings. The van der Waals surface area contributed by atoms with E-state index in [1.165, 1.54) is 0 Å². The van der Waals surface area contributed by atoms with Crippen molar-refractivity contribution in [3.63, 3.8) is 0 Å². The molecule has 0 saturated heterocycles. The fourth-order valence-electron chi connectivity index (χ4n) is 2.92. The van der Waals surface area contributed by atoms with E-state index in [9.17, 15) is 0 Å². The molecule has 30 heavy (non-hydrogen) atoms. The standard InChI is InChI=1S/C24H23N5O/c1-18-15-23(29-24(27-18)26-16-19-11-13-25-14-12-19)28-21-7-9-22(10-8-21)30-17-20-5-3-2-4-6-20/h2-15H,16-17H2,1H3,(H2,26,27,28,29). The highest BCUT2D eigenvalue weighted by Crippen LogP contribution is 2.21. The van der Waals surface area contributed by atoms with E-state index in [1.54, 1.807) is 12.4 Å². The molecule has 2 aromatic heterocycles. The molecule has 0 amide bonds. The van der Waals surface area contributed by atoms with Gasteiger partial charge in [-0.3, -0.25) is 4.98 Å². The van der Waals surface area contributed by atoms with E-state index < -0.39 is 0 Å². The minimum Gasteiger partial charge on any atom is -0.489 e. The maximum atomic E-state index is 5.84. The molecule has 0 aliphatic heterocycles. The Kier molecular flexibility index (Phi) is 6.15. The molecule has 0 bridgehead atoms. The third kappa shape index (κ3) is 5.54. The van der Waals surface area contributed by atoms with Gasteiger partial charge in [0, 0.05) is 36.4 Å². The van der Waals surface area contributed by atoms with Crippen LogP contribution in [0, 0.1) is 6.92 Å². The van der Waals surface area contributed by atoms with Gasteiger partial charge >= 0.3 is 0 Å². The zero-order valence-corrected chi connectivity index (χ0v) is 16.7. The van der Waals surface area contributed by atoms with Gasteiger partial charge in [-0.1, -0.05) is 30.3 Å². The Bertz CT molecular complexity index is 1070. The van der Waals surface area contributed by atoms with E-state index >= 15 is 0 Å². The molecular weight excluding hydrogens is 374 g/mol. The van der Waals surface area contributed by atoms with Gasteiger partial charge in [-0.15, -0.1) is 0 Å². The highest BCUT2D eigenvalue weighted by molar-refractivity contribution is 5.58. The summed E-state index contributed by atoms with van der Waals surface area (Å²) in [6.07, 6.45) is 3.54. The molecular formula is C24H23N5O. The van der Waals surface area contributed by atoms with Crippen LogP contribution < -0.4 is 15.4 Å². The molecule has 2 heterocycles. The first-order valence-electron chi connectivity index (χ1n) is 9.77. The maximum Gasteiger partial charge on any atom is 0.225 e. The molecule has 0 spiro atoms. The number of nitrogens with zero attached hydrogens (tertiary/aromatic N) is 3. The summed E-state index contributed by atoms with van der Waals surface area (Å²) in [6, 6.07) is 23.8. The van der Waals surface area contributed by atoms with Crippen LogP contribution in [0.2, 0.25) is 0 Å². The fourth-order valence-corrected chi connectivity index (χ4v) is 2.92. The first kappa shape index (κ1) is 19.4. The van der Waals surface area contributed by atoms with Crippen LogP contribution in [-0.2, 0) is 13.2 Å². The van der Waals surface area contributed by atoms with Crippen LogP contribution in [0.5, 0.6) is 5.75 Å². The Morgan fingerprint density at radius 1 is 0.833 bits per heavy atom. The minimum atomic E-state index is 0.547. The Morgan fingerprint density at radius 2 is 1.60 bits per heavy atom. The second-order valence-electron chi connectivity index (χ2n) is 6.85. The van der Waals surface area contributed by atoms with Crippen LogP contribution in [0.15, 0.2) is 85.2 Å². The van der Waals surface area contributed by atoms with Gasteiger partial charge in [0.05, 0.1) is 0 Å². The van der Waals surface area contributed by atoms with Crippen LogP contribution in [-0.4, -0.2) is 15.0 Å². The van der Waals surface area contributed by atoms with Crippen molar-refractivity contribution in [2.24, 2.45) is 0 Å². The summed E-state index contributed by atoms with van der Waals surface area (Å²) < 4.78 is 5.84. The monoisotopic (exact) mass is 397 g/mol. The van der Waals surface area contributed by atoms with E-state index in [-0.39, 0.29) is 0 Å². The van der Waals surface area contributed by atoms with Gasteiger partial charge in [-0.2, -0.15) is 4.98 Å². The van der Waals surface area contributed by atoms with Crippen molar-refractivity contribution in [3.05, 3.63) is 102 Å². The molecule has 6 heteroatoms. The normalized spacial score (nSPS) is 10.4. The molecule has 0 aliphatic carbocycles. The fraction of sp³-hybridized carbons (Fsp3) is 0.125. The Labute approximate surface area is 176 Å². The van der Waals surface area contributed by atoms with Crippen molar-refractivity contribution in [1.82, 2.24) is 15.0 Å². The Balaban J connectivity index is 1.37. The second kappa shape index (κ2) is 9.52. The van der Waals surface area contributed by atoms with E-state index in [0.29, 0.717) is 19.1 Å².